The molecular formula is C22H21N3O3S2. The zero-order valence-electron chi connectivity index (χ0n) is 16.7. The Balaban J connectivity index is 1.67. The molecule has 0 bridgehead atoms. The van der Waals surface area contributed by atoms with Crippen LogP contribution < -0.4 is 16.6 Å². The summed E-state index contributed by atoms with van der Waals surface area (Å²) in [6.45, 7) is 4.00. The molecular weight excluding hydrogens is 418 g/mol. The molecule has 4 rings (SSSR count). The van der Waals surface area contributed by atoms with Crippen molar-refractivity contribution in [3.05, 3.63) is 84.0 Å². The molecule has 0 unspecified atom stereocenters. The number of anilines is 1. The Labute approximate surface area is 181 Å². The molecule has 154 valence electrons. The number of carbonyl (C=O) groups is 1. The van der Waals surface area contributed by atoms with Gasteiger partial charge in [-0.05, 0) is 60.4 Å². The van der Waals surface area contributed by atoms with Gasteiger partial charge in [-0.25, -0.2) is 4.79 Å². The molecule has 3 aromatic heterocycles. The maximum absolute atomic E-state index is 13.1. The second-order valence-electron chi connectivity index (χ2n) is 7.16. The van der Waals surface area contributed by atoms with Crippen LogP contribution in [-0.4, -0.2) is 15.0 Å². The van der Waals surface area contributed by atoms with Crippen LogP contribution in [-0.2, 0) is 24.3 Å². The van der Waals surface area contributed by atoms with Crippen LogP contribution in [0.25, 0.3) is 10.2 Å². The van der Waals surface area contributed by atoms with Crippen molar-refractivity contribution in [3.63, 3.8) is 0 Å². The number of amides is 1. The van der Waals surface area contributed by atoms with Gasteiger partial charge in [0.15, 0.2) is 0 Å². The van der Waals surface area contributed by atoms with Gasteiger partial charge in [-0.3, -0.25) is 18.7 Å². The van der Waals surface area contributed by atoms with Crippen molar-refractivity contribution in [3.8, 4) is 0 Å². The minimum atomic E-state index is -0.460. The van der Waals surface area contributed by atoms with Gasteiger partial charge in [0.25, 0.3) is 5.56 Å². The molecule has 8 heteroatoms. The molecule has 0 aliphatic rings. The number of nitrogens with zero attached hydrogens (tertiary/aromatic N) is 2. The number of hydrogen-bond acceptors (Lipinski definition) is 5. The maximum Gasteiger partial charge on any atom is 0.332 e. The number of aromatic nitrogens is 2. The van der Waals surface area contributed by atoms with Gasteiger partial charge in [-0.2, -0.15) is 0 Å². The van der Waals surface area contributed by atoms with Gasteiger partial charge < -0.3 is 5.32 Å². The minimum Gasteiger partial charge on any atom is -0.324 e. The molecule has 0 aliphatic carbocycles. The molecule has 1 aromatic carbocycles. The first kappa shape index (κ1) is 20.3. The summed E-state index contributed by atoms with van der Waals surface area (Å²) in [5.41, 5.74) is 2.45. The van der Waals surface area contributed by atoms with Crippen LogP contribution in [0.15, 0.2) is 56.7 Å². The standard InChI is InChI=1S/C22H21N3O3S2/c1-14-5-6-15(2)17(12-14)23-19(26)13-25-18-8-11-30-20(18)21(27)24(22(25)28)9-7-16-4-3-10-29-16/h3-6,8,10-12H,7,9,13H2,1-2H3,(H,23,26). The van der Waals surface area contributed by atoms with Crippen LogP contribution >= 0.6 is 22.7 Å². The molecule has 0 saturated heterocycles. The fraction of sp³-hybridized carbons (Fsp3) is 0.227. The summed E-state index contributed by atoms with van der Waals surface area (Å²) in [7, 11) is 0. The fourth-order valence-corrected chi connectivity index (χ4v) is 4.91. The van der Waals surface area contributed by atoms with Gasteiger partial charge in [0.2, 0.25) is 5.91 Å². The number of aryl methyl sites for hydroxylation is 3. The molecule has 0 radical (unpaired) electrons. The average molecular weight is 440 g/mol. The van der Waals surface area contributed by atoms with Gasteiger partial charge >= 0.3 is 5.69 Å². The van der Waals surface area contributed by atoms with Gasteiger partial charge in [-0.1, -0.05) is 18.2 Å². The molecule has 1 N–H and O–H groups in total. The molecule has 0 atom stereocenters. The number of nitrogens with one attached hydrogen (secondary N) is 1. The molecule has 0 spiro atoms. The maximum atomic E-state index is 13.1. The lowest BCUT2D eigenvalue weighted by Gasteiger charge is -2.13. The Kier molecular flexibility index (Phi) is 5.69. The van der Waals surface area contributed by atoms with E-state index in [2.05, 4.69) is 5.32 Å². The first-order valence-electron chi connectivity index (χ1n) is 9.54. The first-order valence-corrected chi connectivity index (χ1v) is 11.3. The fourth-order valence-electron chi connectivity index (χ4n) is 3.36. The number of thiophene rings is 2. The van der Waals surface area contributed by atoms with Crippen molar-refractivity contribution in [1.29, 1.82) is 0 Å². The third kappa shape index (κ3) is 4.01. The highest BCUT2D eigenvalue weighted by atomic mass is 32.1. The average Bonchev–Trinajstić information content (AvgIpc) is 3.40. The predicted molar refractivity (Wildman–Crippen MR) is 123 cm³/mol. The van der Waals surface area contributed by atoms with Crippen LogP contribution in [0.3, 0.4) is 0 Å². The molecule has 6 nitrogen and oxygen atoms in total. The minimum absolute atomic E-state index is 0.154. The van der Waals surface area contributed by atoms with E-state index in [9.17, 15) is 14.4 Å². The molecule has 0 fully saturated rings. The lowest BCUT2D eigenvalue weighted by Crippen LogP contribution is -2.41. The second-order valence-corrected chi connectivity index (χ2v) is 9.10. The highest BCUT2D eigenvalue weighted by Gasteiger charge is 2.17. The van der Waals surface area contributed by atoms with E-state index >= 15 is 0 Å². The second kappa shape index (κ2) is 8.41. The van der Waals surface area contributed by atoms with E-state index in [1.54, 1.807) is 22.8 Å². The molecule has 4 aromatic rings. The largest absolute Gasteiger partial charge is 0.332 e. The number of carbonyl (C=O) groups excluding carboxylic acids is 1. The van der Waals surface area contributed by atoms with Crippen molar-refractivity contribution >= 4 is 44.5 Å². The van der Waals surface area contributed by atoms with Crippen molar-refractivity contribution in [2.24, 2.45) is 0 Å². The third-order valence-corrected chi connectivity index (χ3v) is 6.80. The van der Waals surface area contributed by atoms with Crippen LogP contribution in [0.4, 0.5) is 5.69 Å². The Morgan fingerprint density at radius 1 is 1.03 bits per heavy atom. The molecule has 3 heterocycles. The molecule has 0 saturated carbocycles. The quantitative estimate of drug-likeness (QED) is 0.497. The summed E-state index contributed by atoms with van der Waals surface area (Å²) in [6, 6.07) is 11.5. The Bertz CT molecular complexity index is 1330. The van der Waals surface area contributed by atoms with Crippen molar-refractivity contribution in [1.82, 2.24) is 9.13 Å². The van der Waals surface area contributed by atoms with Gasteiger partial charge in [-0.15, -0.1) is 22.7 Å². The van der Waals surface area contributed by atoms with Gasteiger partial charge in [0.05, 0.1) is 5.52 Å². The van der Waals surface area contributed by atoms with E-state index in [1.165, 1.54) is 20.5 Å². The summed E-state index contributed by atoms with van der Waals surface area (Å²) in [5, 5.41) is 6.63. The van der Waals surface area contributed by atoms with E-state index in [1.807, 2.05) is 49.6 Å². The number of hydrogen-bond donors (Lipinski definition) is 1. The Hall–Kier alpha value is -2.97. The zero-order chi connectivity index (χ0) is 21.3. The summed E-state index contributed by atoms with van der Waals surface area (Å²) < 4.78 is 3.12. The lowest BCUT2D eigenvalue weighted by atomic mass is 10.1. The zero-order valence-corrected chi connectivity index (χ0v) is 18.3. The summed E-state index contributed by atoms with van der Waals surface area (Å²) in [6.07, 6.45) is 0.596. The van der Waals surface area contributed by atoms with Crippen molar-refractivity contribution < 1.29 is 4.79 Å². The first-order chi connectivity index (χ1) is 14.4. The number of rotatable bonds is 6. The lowest BCUT2D eigenvalue weighted by molar-refractivity contribution is -0.116. The van der Waals surface area contributed by atoms with Crippen LogP contribution in [0.1, 0.15) is 16.0 Å². The van der Waals surface area contributed by atoms with Gasteiger partial charge in [0.1, 0.15) is 11.2 Å². The van der Waals surface area contributed by atoms with Crippen molar-refractivity contribution in [2.75, 3.05) is 5.32 Å². The van der Waals surface area contributed by atoms with E-state index < -0.39 is 5.69 Å². The highest BCUT2D eigenvalue weighted by Crippen LogP contribution is 2.18. The monoisotopic (exact) mass is 439 g/mol. The summed E-state index contributed by atoms with van der Waals surface area (Å²) >= 11 is 2.88. The van der Waals surface area contributed by atoms with Crippen LogP contribution in [0, 0.1) is 13.8 Å². The van der Waals surface area contributed by atoms with E-state index in [-0.39, 0.29) is 24.6 Å². The van der Waals surface area contributed by atoms with E-state index in [0.29, 0.717) is 16.6 Å². The highest BCUT2D eigenvalue weighted by molar-refractivity contribution is 7.17. The summed E-state index contributed by atoms with van der Waals surface area (Å²) in [5.74, 6) is -0.304. The Morgan fingerprint density at radius 2 is 1.87 bits per heavy atom. The van der Waals surface area contributed by atoms with Crippen LogP contribution in [0.5, 0.6) is 0 Å². The number of fused-ring (bicyclic) bond motifs is 1. The molecule has 1 amide bonds. The predicted octanol–water partition coefficient (Wildman–Crippen LogP) is 3.78. The summed E-state index contributed by atoms with van der Waals surface area (Å²) in [4.78, 5) is 39.8. The molecule has 30 heavy (non-hydrogen) atoms. The normalized spacial score (nSPS) is 11.1. The van der Waals surface area contributed by atoms with E-state index in [4.69, 9.17) is 0 Å². The topological polar surface area (TPSA) is 73.1 Å². The SMILES string of the molecule is Cc1ccc(C)c(NC(=O)Cn2c(=O)n(CCc3cccs3)c(=O)c3sccc32)c1. The van der Waals surface area contributed by atoms with Gasteiger partial charge in [0, 0.05) is 17.1 Å². The number of benzene rings is 1. The smallest absolute Gasteiger partial charge is 0.324 e. The third-order valence-electron chi connectivity index (χ3n) is 4.97. The van der Waals surface area contributed by atoms with Crippen LogP contribution in [0.2, 0.25) is 0 Å². The molecule has 0 aliphatic heterocycles. The van der Waals surface area contributed by atoms with E-state index in [0.717, 1.165) is 21.7 Å². The Morgan fingerprint density at radius 3 is 2.63 bits per heavy atom. The van der Waals surface area contributed by atoms with Crippen molar-refractivity contribution in [2.45, 2.75) is 33.4 Å².